The van der Waals surface area contributed by atoms with E-state index in [4.69, 9.17) is 0 Å². The average Bonchev–Trinajstić information content (AvgIpc) is 2.72. The summed E-state index contributed by atoms with van der Waals surface area (Å²) in [7, 11) is -7.95. The monoisotopic (exact) mass is 494 g/mol. The van der Waals surface area contributed by atoms with Crippen LogP contribution in [0.25, 0.3) is 0 Å². The number of benzene rings is 2. The smallest absolute Gasteiger partial charge is 0.266 e. The molecule has 0 atom stereocenters. The highest BCUT2D eigenvalue weighted by Gasteiger charge is 2.28. The first-order valence-electron chi connectivity index (χ1n) is 10.6. The number of hydrogen-bond donors (Lipinski definition) is 0. The summed E-state index contributed by atoms with van der Waals surface area (Å²) >= 11 is 0. The highest BCUT2D eigenvalue weighted by Crippen LogP contribution is 2.19. The molecule has 2 amide bonds. The molecule has 0 aromatic heterocycles. The Bertz CT molecular complexity index is 1090. The summed E-state index contributed by atoms with van der Waals surface area (Å²) in [6, 6.07) is 12.5. The summed E-state index contributed by atoms with van der Waals surface area (Å²) in [6.45, 7) is 5.99. The number of carbonyl (C=O) groups is 2. The van der Waals surface area contributed by atoms with E-state index in [1.165, 1.54) is 38.1 Å². The predicted molar refractivity (Wildman–Crippen MR) is 125 cm³/mol. The summed E-state index contributed by atoms with van der Waals surface area (Å²) in [6.07, 6.45) is 1.10. The van der Waals surface area contributed by atoms with E-state index in [2.05, 4.69) is 0 Å². The SMILES string of the molecule is CC(=O)N(CCCCCN(C(C)=O)S(=O)(=O)c1ccc(C)cc1)S(=O)(=O)c1ccc(C)cc1. The van der Waals surface area contributed by atoms with Gasteiger partial charge in [-0.3, -0.25) is 9.59 Å². The molecule has 0 spiro atoms. The first-order chi connectivity index (χ1) is 15.4. The van der Waals surface area contributed by atoms with Crippen molar-refractivity contribution in [2.75, 3.05) is 13.1 Å². The summed E-state index contributed by atoms with van der Waals surface area (Å²) in [5, 5.41) is 0. The zero-order chi connectivity index (χ0) is 24.8. The first kappa shape index (κ1) is 26.5. The van der Waals surface area contributed by atoms with Crippen LogP contribution in [-0.2, 0) is 29.6 Å². The first-order valence-corrected chi connectivity index (χ1v) is 13.5. The van der Waals surface area contributed by atoms with E-state index in [0.29, 0.717) is 19.3 Å². The van der Waals surface area contributed by atoms with Gasteiger partial charge in [-0.25, -0.2) is 25.4 Å². The van der Waals surface area contributed by atoms with Gasteiger partial charge in [-0.05, 0) is 57.4 Å². The van der Waals surface area contributed by atoms with Crippen LogP contribution in [0, 0.1) is 13.8 Å². The van der Waals surface area contributed by atoms with Gasteiger partial charge >= 0.3 is 0 Å². The van der Waals surface area contributed by atoms with Crippen molar-refractivity contribution < 1.29 is 26.4 Å². The number of hydrogen-bond acceptors (Lipinski definition) is 6. The maximum Gasteiger partial charge on any atom is 0.266 e. The highest BCUT2D eigenvalue weighted by atomic mass is 32.2. The van der Waals surface area contributed by atoms with Crippen LogP contribution >= 0.6 is 0 Å². The topological polar surface area (TPSA) is 109 Å². The van der Waals surface area contributed by atoms with Gasteiger partial charge in [0.1, 0.15) is 0 Å². The highest BCUT2D eigenvalue weighted by molar-refractivity contribution is 7.90. The number of unbranched alkanes of at least 4 members (excludes halogenated alkanes) is 2. The van der Waals surface area contributed by atoms with Crippen LogP contribution in [0.2, 0.25) is 0 Å². The molecule has 0 N–H and O–H groups in total. The fraction of sp³-hybridized carbons (Fsp3) is 0.391. The maximum atomic E-state index is 12.8. The molecular formula is C23H30N2O6S2. The Morgan fingerprint density at radius 1 is 0.606 bits per heavy atom. The van der Waals surface area contributed by atoms with Gasteiger partial charge in [0, 0.05) is 26.9 Å². The van der Waals surface area contributed by atoms with Gasteiger partial charge in [-0.1, -0.05) is 35.4 Å². The van der Waals surface area contributed by atoms with Gasteiger partial charge in [0.05, 0.1) is 9.79 Å². The number of nitrogens with zero attached hydrogens (tertiary/aromatic N) is 2. The molecule has 0 saturated carbocycles. The zero-order valence-corrected chi connectivity index (χ0v) is 20.9. The molecule has 0 unspecified atom stereocenters. The van der Waals surface area contributed by atoms with Crippen LogP contribution in [0.3, 0.4) is 0 Å². The van der Waals surface area contributed by atoms with Crippen LogP contribution in [0.4, 0.5) is 0 Å². The lowest BCUT2D eigenvalue weighted by Crippen LogP contribution is -2.37. The van der Waals surface area contributed by atoms with Crippen LogP contribution < -0.4 is 0 Å². The molecule has 0 aliphatic heterocycles. The Kier molecular flexibility index (Phi) is 8.79. The molecule has 180 valence electrons. The Morgan fingerprint density at radius 2 is 0.909 bits per heavy atom. The lowest BCUT2D eigenvalue weighted by Gasteiger charge is -2.22. The summed E-state index contributed by atoms with van der Waals surface area (Å²) in [5.41, 5.74) is 1.80. The van der Waals surface area contributed by atoms with Crippen LogP contribution in [0.15, 0.2) is 58.3 Å². The number of amides is 2. The minimum atomic E-state index is -3.97. The molecule has 2 aromatic carbocycles. The van der Waals surface area contributed by atoms with E-state index < -0.39 is 31.9 Å². The Balaban J connectivity index is 2.01. The molecule has 0 radical (unpaired) electrons. The van der Waals surface area contributed by atoms with Crippen molar-refractivity contribution in [3.63, 3.8) is 0 Å². The second-order valence-electron chi connectivity index (χ2n) is 7.88. The molecule has 0 fully saturated rings. The van der Waals surface area contributed by atoms with Crippen LogP contribution in [0.1, 0.15) is 44.2 Å². The molecule has 0 aliphatic carbocycles. The van der Waals surface area contributed by atoms with Gasteiger partial charge in [0.15, 0.2) is 0 Å². The van der Waals surface area contributed by atoms with Crippen LogP contribution in [0.5, 0.6) is 0 Å². The lowest BCUT2D eigenvalue weighted by atomic mass is 10.2. The van der Waals surface area contributed by atoms with Crippen molar-refractivity contribution in [2.24, 2.45) is 0 Å². The standard InChI is InChI=1S/C23H30N2O6S2/c1-18-8-12-22(13-9-18)32(28,29)24(20(3)26)16-6-5-7-17-25(21(4)27)33(30,31)23-14-10-19(2)11-15-23/h8-15H,5-7,16-17H2,1-4H3. The normalized spacial score (nSPS) is 11.8. The molecule has 0 heterocycles. The van der Waals surface area contributed by atoms with E-state index in [0.717, 1.165) is 19.7 Å². The third-order valence-corrected chi connectivity index (χ3v) is 8.92. The fourth-order valence-electron chi connectivity index (χ4n) is 3.26. The Labute approximate surface area is 196 Å². The van der Waals surface area contributed by atoms with Crippen molar-refractivity contribution in [3.05, 3.63) is 59.7 Å². The van der Waals surface area contributed by atoms with E-state index >= 15 is 0 Å². The van der Waals surface area contributed by atoms with Crippen molar-refractivity contribution in [2.45, 2.75) is 56.7 Å². The molecule has 2 aromatic rings. The van der Waals surface area contributed by atoms with Crippen molar-refractivity contribution in [3.8, 4) is 0 Å². The van der Waals surface area contributed by atoms with Gasteiger partial charge in [0.2, 0.25) is 11.8 Å². The van der Waals surface area contributed by atoms with Gasteiger partial charge in [-0.15, -0.1) is 0 Å². The van der Waals surface area contributed by atoms with E-state index in [9.17, 15) is 26.4 Å². The molecule has 10 heteroatoms. The maximum absolute atomic E-state index is 12.8. The predicted octanol–water partition coefficient (Wildman–Crippen LogP) is 3.25. The van der Waals surface area contributed by atoms with Crippen molar-refractivity contribution in [1.82, 2.24) is 8.61 Å². The molecule has 8 nitrogen and oxygen atoms in total. The third-order valence-electron chi connectivity index (χ3n) is 5.14. The minimum absolute atomic E-state index is 0.0314. The van der Waals surface area contributed by atoms with Crippen molar-refractivity contribution in [1.29, 1.82) is 0 Å². The quantitative estimate of drug-likeness (QED) is 0.469. The molecular weight excluding hydrogens is 464 g/mol. The summed E-state index contributed by atoms with van der Waals surface area (Å²) in [5.74, 6) is -1.19. The lowest BCUT2D eigenvalue weighted by molar-refractivity contribution is -0.125. The van der Waals surface area contributed by atoms with Gasteiger partial charge in [-0.2, -0.15) is 0 Å². The molecule has 0 bridgehead atoms. The minimum Gasteiger partial charge on any atom is -0.274 e. The molecule has 0 saturated heterocycles. The average molecular weight is 495 g/mol. The number of carbonyl (C=O) groups excluding carboxylic acids is 2. The molecule has 33 heavy (non-hydrogen) atoms. The third kappa shape index (κ3) is 6.64. The number of sulfonamides is 2. The Hall–Kier alpha value is -2.72. The molecule has 0 aliphatic rings. The van der Waals surface area contributed by atoms with Gasteiger partial charge in [0.25, 0.3) is 20.0 Å². The Morgan fingerprint density at radius 3 is 1.18 bits per heavy atom. The van der Waals surface area contributed by atoms with Crippen molar-refractivity contribution >= 4 is 31.9 Å². The second-order valence-corrected chi connectivity index (χ2v) is 11.6. The van der Waals surface area contributed by atoms with E-state index in [1.807, 2.05) is 13.8 Å². The zero-order valence-electron chi connectivity index (χ0n) is 19.3. The van der Waals surface area contributed by atoms with Crippen LogP contribution in [-0.4, -0.2) is 50.3 Å². The number of rotatable bonds is 10. The number of aryl methyl sites for hydroxylation is 2. The van der Waals surface area contributed by atoms with Gasteiger partial charge < -0.3 is 0 Å². The summed E-state index contributed by atoms with van der Waals surface area (Å²) < 4.78 is 53.0. The van der Waals surface area contributed by atoms with E-state index in [-0.39, 0.29) is 22.9 Å². The molecule has 2 rings (SSSR count). The summed E-state index contributed by atoms with van der Waals surface area (Å²) in [4.78, 5) is 24.1. The second kappa shape index (κ2) is 10.9. The largest absolute Gasteiger partial charge is 0.274 e. The fourth-order valence-corrected chi connectivity index (χ4v) is 6.14. The van der Waals surface area contributed by atoms with E-state index in [1.54, 1.807) is 24.3 Å².